The van der Waals surface area contributed by atoms with E-state index < -0.39 is 17.8 Å². The molecule has 2 fully saturated rings. The number of carbonyl (C=O) groups is 3. The lowest BCUT2D eigenvalue weighted by atomic mass is 10.2. The first-order valence-corrected chi connectivity index (χ1v) is 7.20. The summed E-state index contributed by atoms with van der Waals surface area (Å²) in [5.41, 5.74) is 0. The minimum Gasteiger partial charge on any atom is -0.481 e. The van der Waals surface area contributed by atoms with Crippen molar-refractivity contribution in [2.24, 2.45) is 0 Å². The van der Waals surface area contributed by atoms with Crippen molar-refractivity contribution < 1.29 is 28.2 Å². The van der Waals surface area contributed by atoms with Gasteiger partial charge >= 0.3 is 6.09 Å². The molecule has 0 aliphatic carbocycles. The maximum atomic E-state index is 13.4. The van der Waals surface area contributed by atoms with E-state index in [1.807, 2.05) is 0 Å². The van der Waals surface area contributed by atoms with Crippen LogP contribution in [0.2, 0.25) is 0 Å². The third kappa shape index (κ3) is 3.10. The number of para-hydroxylation sites is 1. The number of imide groups is 1. The third-order valence-corrected chi connectivity index (χ3v) is 3.85. The van der Waals surface area contributed by atoms with Crippen LogP contribution in [0, 0.1) is 5.82 Å². The molecule has 23 heavy (non-hydrogen) atoms. The fourth-order valence-electron chi connectivity index (χ4n) is 2.69. The van der Waals surface area contributed by atoms with Gasteiger partial charge in [-0.15, -0.1) is 0 Å². The molecule has 3 amide bonds. The number of likely N-dealkylation sites (tertiary alicyclic amines) is 1. The van der Waals surface area contributed by atoms with Crippen LogP contribution in [0.5, 0.6) is 5.75 Å². The summed E-state index contributed by atoms with van der Waals surface area (Å²) < 4.78 is 23.3. The lowest BCUT2D eigenvalue weighted by molar-refractivity contribution is -0.133. The number of hydrogen-bond donors (Lipinski definition) is 0. The zero-order chi connectivity index (χ0) is 16.4. The molecule has 7 nitrogen and oxygen atoms in total. The monoisotopic (exact) mass is 322 g/mol. The lowest BCUT2D eigenvalue weighted by Crippen LogP contribution is -2.42. The summed E-state index contributed by atoms with van der Waals surface area (Å²) in [5, 5.41) is 0. The van der Waals surface area contributed by atoms with Gasteiger partial charge in [-0.2, -0.15) is 0 Å². The quantitative estimate of drug-likeness (QED) is 0.819. The van der Waals surface area contributed by atoms with Crippen molar-refractivity contribution in [3.63, 3.8) is 0 Å². The molecule has 0 aromatic heterocycles. The molecule has 2 heterocycles. The average molecular weight is 322 g/mol. The molecule has 0 bridgehead atoms. The molecular weight excluding hydrogens is 307 g/mol. The van der Waals surface area contributed by atoms with E-state index in [2.05, 4.69) is 4.74 Å². The molecule has 0 saturated carbocycles. The van der Waals surface area contributed by atoms with Gasteiger partial charge in [0.05, 0.1) is 6.04 Å². The van der Waals surface area contributed by atoms with Crippen molar-refractivity contribution in [1.82, 2.24) is 9.80 Å². The van der Waals surface area contributed by atoms with Crippen LogP contribution in [0.15, 0.2) is 24.3 Å². The third-order valence-electron chi connectivity index (χ3n) is 3.85. The summed E-state index contributed by atoms with van der Waals surface area (Å²) in [6.07, 6.45) is -0.177. The Morgan fingerprint density at radius 2 is 2.13 bits per heavy atom. The van der Waals surface area contributed by atoms with Gasteiger partial charge in [-0.25, -0.2) is 14.1 Å². The van der Waals surface area contributed by atoms with Gasteiger partial charge in [-0.3, -0.25) is 9.59 Å². The molecule has 3 rings (SSSR count). The van der Waals surface area contributed by atoms with E-state index in [0.29, 0.717) is 13.0 Å². The second-order valence-corrected chi connectivity index (χ2v) is 5.32. The predicted molar refractivity (Wildman–Crippen MR) is 75.1 cm³/mol. The van der Waals surface area contributed by atoms with Crippen LogP contribution in [0.4, 0.5) is 9.18 Å². The fraction of sp³-hybridized carbons (Fsp3) is 0.400. The highest BCUT2D eigenvalue weighted by atomic mass is 19.1. The van der Waals surface area contributed by atoms with Gasteiger partial charge in [0.2, 0.25) is 0 Å². The standard InChI is InChI=1S/C15H15FN2O5/c16-11-3-1-2-4-12(11)22-8-13(19)17-6-5-10(7-17)18-14(20)9-23-15(18)21/h1-4,10H,5-9H2. The minimum absolute atomic E-state index is 0.00916. The predicted octanol–water partition coefficient (Wildman–Crippen LogP) is 0.784. The van der Waals surface area contributed by atoms with Crippen molar-refractivity contribution >= 4 is 17.9 Å². The largest absolute Gasteiger partial charge is 0.481 e. The van der Waals surface area contributed by atoms with Crippen molar-refractivity contribution in [2.45, 2.75) is 12.5 Å². The summed E-state index contributed by atoms with van der Waals surface area (Å²) in [7, 11) is 0. The van der Waals surface area contributed by atoms with Crippen molar-refractivity contribution in [3.8, 4) is 5.75 Å². The SMILES string of the molecule is O=C(COc1ccccc1F)N1CCC(N2C(=O)COC2=O)C1. The van der Waals surface area contributed by atoms with E-state index in [9.17, 15) is 18.8 Å². The van der Waals surface area contributed by atoms with Crippen molar-refractivity contribution in [2.75, 3.05) is 26.3 Å². The zero-order valence-corrected chi connectivity index (χ0v) is 12.2. The van der Waals surface area contributed by atoms with Crippen LogP contribution in [-0.2, 0) is 14.3 Å². The Morgan fingerprint density at radius 3 is 2.83 bits per heavy atom. The Hall–Kier alpha value is -2.64. The van der Waals surface area contributed by atoms with Crippen molar-refractivity contribution in [1.29, 1.82) is 0 Å². The van der Waals surface area contributed by atoms with Crippen molar-refractivity contribution in [3.05, 3.63) is 30.1 Å². The Kier molecular flexibility index (Phi) is 4.14. The topological polar surface area (TPSA) is 76.2 Å². The maximum absolute atomic E-state index is 13.4. The first-order valence-electron chi connectivity index (χ1n) is 7.20. The Morgan fingerprint density at radius 1 is 1.35 bits per heavy atom. The molecule has 1 atom stereocenters. The normalized spacial score (nSPS) is 20.8. The van der Waals surface area contributed by atoms with Crippen LogP contribution in [-0.4, -0.2) is 60.1 Å². The van der Waals surface area contributed by atoms with Gasteiger partial charge in [-0.05, 0) is 18.6 Å². The molecule has 2 aliphatic rings. The van der Waals surface area contributed by atoms with E-state index >= 15 is 0 Å². The number of carbonyl (C=O) groups excluding carboxylic acids is 3. The molecule has 1 aromatic carbocycles. The second kappa shape index (κ2) is 6.23. The lowest BCUT2D eigenvalue weighted by Gasteiger charge is -2.20. The summed E-state index contributed by atoms with van der Waals surface area (Å²) in [6.45, 7) is 0.0905. The summed E-state index contributed by atoms with van der Waals surface area (Å²) in [5.74, 6) is -1.24. The molecular formula is C15H15FN2O5. The fourth-order valence-corrected chi connectivity index (χ4v) is 2.69. The van der Waals surface area contributed by atoms with Gasteiger partial charge in [0.1, 0.15) is 0 Å². The molecule has 0 spiro atoms. The van der Waals surface area contributed by atoms with Crippen LogP contribution >= 0.6 is 0 Å². The maximum Gasteiger partial charge on any atom is 0.417 e. The molecule has 0 radical (unpaired) electrons. The highest BCUT2D eigenvalue weighted by Crippen LogP contribution is 2.21. The zero-order valence-electron chi connectivity index (χ0n) is 12.2. The van der Waals surface area contributed by atoms with Gasteiger partial charge < -0.3 is 14.4 Å². The number of halogens is 1. The summed E-state index contributed by atoms with van der Waals surface area (Å²) in [4.78, 5) is 37.8. The molecule has 2 saturated heterocycles. The summed E-state index contributed by atoms with van der Waals surface area (Å²) in [6, 6.07) is 5.44. The molecule has 2 aliphatic heterocycles. The number of cyclic esters (lactones) is 1. The number of nitrogens with zero attached hydrogens (tertiary/aromatic N) is 2. The number of amides is 3. The molecule has 8 heteroatoms. The number of rotatable bonds is 4. The molecule has 1 aromatic rings. The first-order chi connectivity index (χ1) is 11.1. The smallest absolute Gasteiger partial charge is 0.417 e. The number of ether oxygens (including phenoxy) is 2. The van der Waals surface area contributed by atoms with Gasteiger partial charge in [-0.1, -0.05) is 12.1 Å². The van der Waals surface area contributed by atoms with E-state index in [1.165, 1.54) is 23.1 Å². The highest BCUT2D eigenvalue weighted by Gasteiger charge is 2.41. The van der Waals surface area contributed by atoms with Gasteiger partial charge in [0.15, 0.2) is 24.8 Å². The van der Waals surface area contributed by atoms with E-state index in [0.717, 1.165) is 4.90 Å². The van der Waals surface area contributed by atoms with Gasteiger partial charge in [0.25, 0.3) is 11.8 Å². The van der Waals surface area contributed by atoms with Crippen LogP contribution in [0.3, 0.4) is 0 Å². The van der Waals surface area contributed by atoms with E-state index in [1.54, 1.807) is 6.07 Å². The minimum atomic E-state index is -0.670. The Balaban J connectivity index is 1.54. The van der Waals surface area contributed by atoms with E-state index in [-0.39, 0.29) is 37.5 Å². The molecule has 1 unspecified atom stereocenters. The molecule has 122 valence electrons. The van der Waals surface area contributed by atoms with Gasteiger partial charge in [0, 0.05) is 13.1 Å². The Labute approximate surface area is 131 Å². The average Bonchev–Trinajstić information content (AvgIpc) is 3.13. The number of hydrogen-bond acceptors (Lipinski definition) is 5. The summed E-state index contributed by atoms with van der Waals surface area (Å²) >= 11 is 0. The first kappa shape index (κ1) is 15.3. The van der Waals surface area contributed by atoms with Crippen LogP contribution in [0.25, 0.3) is 0 Å². The van der Waals surface area contributed by atoms with Crippen LogP contribution in [0.1, 0.15) is 6.42 Å². The molecule has 0 N–H and O–H groups in total. The second-order valence-electron chi connectivity index (χ2n) is 5.32. The Bertz CT molecular complexity index is 635. The highest BCUT2D eigenvalue weighted by molar-refractivity contribution is 5.98. The number of benzene rings is 1. The van der Waals surface area contributed by atoms with Crippen LogP contribution < -0.4 is 4.74 Å². The van der Waals surface area contributed by atoms with E-state index in [4.69, 9.17) is 4.74 Å².